The minimum Gasteiger partial charge on any atom is -0.396 e. The van der Waals surface area contributed by atoms with E-state index in [-0.39, 0.29) is 12.6 Å². The normalized spacial score (nSPS) is 12.8. The third-order valence-corrected chi connectivity index (χ3v) is 4.64. The lowest BCUT2D eigenvalue weighted by molar-refractivity contribution is 0.181. The van der Waals surface area contributed by atoms with Crippen molar-refractivity contribution in [3.05, 3.63) is 66.0 Å². The number of aromatic nitrogens is 2. The Kier molecular flexibility index (Phi) is 5.28. The Bertz CT molecular complexity index is 782. The highest BCUT2D eigenvalue weighted by Gasteiger charge is 2.17. The first-order valence-corrected chi connectivity index (χ1v) is 8.48. The number of hydrogen-bond donors (Lipinski definition) is 1. The van der Waals surface area contributed by atoms with Crippen LogP contribution in [0.3, 0.4) is 0 Å². The zero-order chi connectivity index (χ0) is 16.9. The van der Waals surface area contributed by atoms with Crippen molar-refractivity contribution in [2.24, 2.45) is 0 Å². The average molecular weight is 323 g/mol. The van der Waals surface area contributed by atoms with Crippen LogP contribution in [0, 0.1) is 6.92 Å². The lowest BCUT2D eigenvalue weighted by atomic mass is 10.0. The molecule has 2 aromatic carbocycles. The van der Waals surface area contributed by atoms with E-state index in [9.17, 15) is 5.11 Å². The molecule has 4 nitrogen and oxygen atoms in total. The van der Waals surface area contributed by atoms with E-state index in [0.29, 0.717) is 0 Å². The number of para-hydroxylation sites is 2. The van der Waals surface area contributed by atoms with Crippen LogP contribution in [0.1, 0.15) is 23.9 Å². The van der Waals surface area contributed by atoms with Gasteiger partial charge in [0.1, 0.15) is 5.82 Å². The minimum atomic E-state index is 0.191. The van der Waals surface area contributed by atoms with Gasteiger partial charge in [-0.25, -0.2) is 4.98 Å². The van der Waals surface area contributed by atoms with Crippen LogP contribution >= 0.6 is 0 Å². The number of aliphatic hydroxyl groups is 1. The molecule has 3 rings (SSSR count). The molecule has 0 amide bonds. The number of hydrogen-bond acceptors (Lipinski definition) is 3. The molecule has 0 radical (unpaired) electrons. The molecule has 24 heavy (non-hydrogen) atoms. The fourth-order valence-electron chi connectivity index (χ4n) is 3.33. The first kappa shape index (κ1) is 16.7. The Morgan fingerprint density at radius 1 is 1.08 bits per heavy atom. The molecular weight excluding hydrogens is 298 g/mol. The van der Waals surface area contributed by atoms with E-state index in [1.165, 1.54) is 11.1 Å². The van der Waals surface area contributed by atoms with Crippen LogP contribution in [0.25, 0.3) is 11.0 Å². The minimum absolute atomic E-state index is 0.191. The summed E-state index contributed by atoms with van der Waals surface area (Å²) in [5.74, 6) is 1.04. The molecule has 0 saturated carbocycles. The van der Waals surface area contributed by atoms with Crippen molar-refractivity contribution < 1.29 is 5.11 Å². The molecule has 0 aliphatic rings. The van der Waals surface area contributed by atoms with Crippen LogP contribution in [-0.2, 0) is 6.54 Å². The molecule has 126 valence electrons. The van der Waals surface area contributed by atoms with Crippen LogP contribution in [0.5, 0.6) is 0 Å². The van der Waals surface area contributed by atoms with Gasteiger partial charge in [-0.1, -0.05) is 42.5 Å². The molecule has 0 aliphatic carbocycles. The van der Waals surface area contributed by atoms with Crippen molar-refractivity contribution in [2.75, 3.05) is 20.2 Å². The second-order valence-corrected chi connectivity index (χ2v) is 6.22. The standard InChI is InChI=1S/C20H25N3O/c1-16-21-18-10-6-7-11-20(18)23(16)14-13-22(2)19(12-15-24)17-8-4-3-5-9-17/h3-11,19,24H,12-15H2,1-2H3. The fraction of sp³-hybridized carbons (Fsp3) is 0.350. The van der Waals surface area contributed by atoms with Crippen molar-refractivity contribution in [2.45, 2.75) is 25.9 Å². The second-order valence-electron chi connectivity index (χ2n) is 6.22. The van der Waals surface area contributed by atoms with Crippen molar-refractivity contribution in [3.63, 3.8) is 0 Å². The highest BCUT2D eigenvalue weighted by Crippen LogP contribution is 2.23. The molecule has 1 heterocycles. The summed E-state index contributed by atoms with van der Waals surface area (Å²) in [4.78, 5) is 6.95. The summed E-state index contributed by atoms with van der Waals surface area (Å²) in [6.45, 7) is 4.04. The summed E-state index contributed by atoms with van der Waals surface area (Å²) < 4.78 is 2.27. The lowest BCUT2D eigenvalue weighted by Gasteiger charge is -2.28. The van der Waals surface area contributed by atoms with Gasteiger partial charge in [0.15, 0.2) is 0 Å². The number of rotatable bonds is 7. The quantitative estimate of drug-likeness (QED) is 0.724. The van der Waals surface area contributed by atoms with Crippen LogP contribution < -0.4 is 0 Å². The predicted molar refractivity (Wildman–Crippen MR) is 98.0 cm³/mol. The molecule has 3 aromatic rings. The molecule has 1 unspecified atom stereocenters. The maximum Gasteiger partial charge on any atom is 0.106 e. The first-order valence-electron chi connectivity index (χ1n) is 8.48. The van der Waals surface area contributed by atoms with E-state index in [4.69, 9.17) is 0 Å². The highest BCUT2D eigenvalue weighted by molar-refractivity contribution is 5.75. The van der Waals surface area contributed by atoms with Gasteiger partial charge in [0, 0.05) is 25.7 Å². The molecule has 0 bridgehead atoms. The second kappa shape index (κ2) is 7.60. The van der Waals surface area contributed by atoms with E-state index < -0.39 is 0 Å². The van der Waals surface area contributed by atoms with Gasteiger partial charge in [-0.3, -0.25) is 4.90 Å². The lowest BCUT2D eigenvalue weighted by Crippen LogP contribution is -2.29. The van der Waals surface area contributed by atoms with Gasteiger partial charge in [0.05, 0.1) is 11.0 Å². The monoisotopic (exact) mass is 323 g/mol. The Hall–Kier alpha value is -2.17. The Morgan fingerprint density at radius 2 is 1.79 bits per heavy atom. The summed E-state index contributed by atoms with van der Waals surface area (Å²) >= 11 is 0. The van der Waals surface area contributed by atoms with Crippen molar-refractivity contribution >= 4 is 11.0 Å². The SMILES string of the molecule is Cc1nc2ccccc2n1CCN(C)C(CCO)c1ccccc1. The van der Waals surface area contributed by atoms with Gasteiger partial charge in [0.25, 0.3) is 0 Å². The molecule has 0 aliphatic heterocycles. The third kappa shape index (κ3) is 3.50. The van der Waals surface area contributed by atoms with E-state index >= 15 is 0 Å². The van der Waals surface area contributed by atoms with Crippen LogP contribution in [0.2, 0.25) is 0 Å². The van der Waals surface area contributed by atoms with E-state index in [0.717, 1.165) is 30.9 Å². The topological polar surface area (TPSA) is 41.3 Å². The smallest absolute Gasteiger partial charge is 0.106 e. The van der Waals surface area contributed by atoms with Crippen LogP contribution in [-0.4, -0.2) is 39.8 Å². The van der Waals surface area contributed by atoms with Crippen LogP contribution in [0.15, 0.2) is 54.6 Å². The van der Waals surface area contributed by atoms with Gasteiger partial charge < -0.3 is 9.67 Å². The molecule has 0 spiro atoms. The number of fused-ring (bicyclic) bond motifs is 1. The van der Waals surface area contributed by atoms with Crippen LogP contribution in [0.4, 0.5) is 0 Å². The zero-order valence-corrected chi connectivity index (χ0v) is 14.4. The molecule has 1 atom stereocenters. The van der Waals surface area contributed by atoms with Gasteiger partial charge in [-0.2, -0.15) is 0 Å². The Labute approximate surface area is 143 Å². The fourth-order valence-corrected chi connectivity index (χ4v) is 3.33. The summed E-state index contributed by atoms with van der Waals surface area (Å²) in [5.41, 5.74) is 3.48. The third-order valence-electron chi connectivity index (χ3n) is 4.64. The van der Waals surface area contributed by atoms with Crippen molar-refractivity contribution in [1.82, 2.24) is 14.5 Å². The Balaban J connectivity index is 1.75. The van der Waals surface area contributed by atoms with E-state index in [1.807, 2.05) is 12.1 Å². The summed E-state index contributed by atoms with van der Waals surface area (Å²) in [6.07, 6.45) is 0.740. The average Bonchev–Trinajstić information content (AvgIpc) is 2.93. The van der Waals surface area contributed by atoms with Gasteiger partial charge in [-0.05, 0) is 38.1 Å². The molecule has 1 N–H and O–H groups in total. The molecule has 0 fully saturated rings. The largest absolute Gasteiger partial charge is 0.396 e. The van der Waals surface area contributed by atoms with Gasteiger partial charge in [-0.15, -0.1) is 0 Å². The highest BCUT2D eigenvalue weighted by atomic mass is 16.3. The summed E-state index contributed by atoms with van der Waals surface area (Å²) in [7, 11) is 2.13. The van der Waals surface area contributed by atoms with Crippen molar-refractivity contribution in [1.29, 1.82) is 0 Å². The first-order chi connectivity index (χ1) is 11.7. The summed E-state index contributed by atoms with van der Waals surface area (Å²) in [6, 6.07) is 18.9. The molecular formula is C20H25N3O. The number of nitrogens with zero attached hydrogens (tertiary/aromatic N) is 3. The molecule has 4 heteroatoms. The Morgan fingerprint density at radius 3 is 2.54 bits per heavy atom. The number of benzene rings is 2. The number of aliphatic hydroxyl groups excluding tert-OH is 1. The van der Waals surface area contributed by atoms with Gasteiger partial charge in [0.2, 0.25) is 0 Å². The summed E-state index contributed by atoms with van der Waals surface area (Å²) in [5, 5.41) is 9.44. The van der Waals surface area contributed by atoms with Crippen molar-refractivity contribution in [3.8, 4) is 0 Å². The number of aryl methyl sites for hydroxylation is 1. The molecule has 1 aromatic heterocycles. The maximum atomic E-state index is 9.44. The number of imidazole rings is 1. The maximum absolute atomic E-state index is 9.44. The number of likely N-dealkylation sites (N-methyl/N-ethyl adjacent to an activating group) is 1. The zero-order valence-electron chi connectivity index (χ0n) is 14.4. The van der Waals surface area contributed by atoms with E-state index in [1.54, 1.807) is 0 Å². The predicted octanol–water partition coefficient (Wildman–Crippen LogP) is 3.40. The molecule has 0 saturated heterocycles. The van der Waals surface area contributed by atoms with E-state index in [2.05, 4.69) is 70.9 Å². The van der Waals surface area contributed by atoms with Gasteiger partial charge >= 0.3 is 0 Å².